The molecule has 4 aliphatic heterocycles. The molecule has 13 aromatic rings. The van der Waals surface area contributed by atoms with E-state index in [0.29, 0.717) is 0 Å². The van der Waals surface area contributed by atoms with Gasteiger partial charge in [0.25, 0.3) is 6.71 Å². The van der Waals surface area contributed by atoms with Crippen molar-refractivity contribution in [3.05, 3.63) is 315 Å². The molecule has 0 aromatic heterocycles. The summed E-state index contributed by atoms with van der Waals surface area (Å²) in [6.07, 6.45) is 0. The van der Waals surface area contributed by atoms with Crippen LogP contribution in [0.3, 0.4) is 0 Å². The molecule has 0 aliphatic carbocycles. The Bertz CT molecular complexity index is 4400. The third-order valence-electron chi connectivity index (χ3n) is 17.5. The van der Waals surface area contributed by atoms with Crippen LogP contribution in [0.2, 0.25) is 0 Å². The second kappa shape index (κ2) is 20.6. The molecule has 0 unspecified atom stereocenters. The van der Waals surface area contributed by atoms with Crippen molar-refractivity contribution in [2.45, 2.75) is 9.79 Å². The molecule has 4 heterocycles. The first kappa shape index (κ1) is 49.9. The molecule has 17 rings (SSSR count). The Labute approximate surface area is 506 Å². The van der Waals surface area contributed by atoms with Crippen molar-refractivity contribution in [3.8, 4) is 33.8 Å². The summed E-state index contributed by atoms with van der Waals surface area (Å²) < 4.78 is 8.06. The molecule has 8 heteroatoms. The van der Waals surface area contributed by atoms with Crippen molar-refractivity contribution < 1.29 is 4.74 Å². The number of rotatable bonds is 10. The predicted octanol–water partition coefficient (Wildman–Crippen LogP) is 17.1. The minimum Gasteiger partial charge on any atom is -0.458 e. The molecule has 0 spiro atoms. The van der Waals surface area contributed by atoms with Crippen LogP contribution in [0, 0.1) is 0 Å². The fourth-order valence-electron chi connectivity index (χ4n) is 13.9. The van der Waals surface area contributed by atoms with Crippen LogP contribution in [0.25, 0.3) is 22.3 Å². The second-order valence-electron chi connectivity index (χ2n) is 22.3. The Hall–Kier alpha value is -10.7. The van der Waals surface area contributed by atoms with Crippen molar-refractivity contribution in [1.29, 1.82) is 0 Å². The number of nitrogens with zero attached hydrogens (tertiary/aromatic N) is 4. The van der Waals surface area contributed by atoms with Crippen LogP contribution in [0.4, 0.5) is 68.2 Å². The Morgan fingerprint density at radius 1 is 0.314 bits per heavy atom. The van der Waals surface area contributed by atoms with E-state index in [9.17, 15) is 0 Å². The topological polar surface area (TPSA) is 22.2 Å². The van der Waals surface area contributed by atoms with E-state index < -0.39 is 0 Å². The van der Waals surface area contributed by atoms with Gasteiger partial charge in [0.1, 0.15) is 11.5 Å². The third-order valence-corrected chi connectivity index (χ3v) is 18.7. The molecule has 0 N–H and O–H groups in total. The first-order chi connectivity index (χ1) is 42.7. The van der Waals surface area contributed by atoms with Crippen LogP contribution in [0.15, 0.2) is 325 Å². The quantitative estimate of drug-likeness (QED) is 0.126. The average molecular weight is 1110 g/mol. The minimum absolute atomic E-state index is 0.149. The molecule has 0 saturated heterocycles. The maximum atomic E-state index is 8.06. The average Bonchev–Trinajstić information content (AvgIpc) is 0.719. The molecule has 0 saturated carbocycles. The van der Waals surface area contributed by atoms with Gasteiger partial charge in [-0.05, 0) is 147 Å². The summed E-state index contributed by atoms with van der Waals surface area (Å²) in [6, 6.07) is 115. The second-order valence-corrected chi connectivity index (χ2v) is 23.3. The van der Waals surface area contributed by atoms with Gasteiger partial charge >= 0.3 is 0 Å². The summed E-state index contributed by atoms with van der Waals surface area (Å²) in [5.41, 5.74) is 24.9. The molecule has 5 nitrogen and oxygen atoms in total. The summed E-state index contributed by atoms with van der Waals surface area (Å²) >= 11 is 1.89. The van der Waals surface area contributed by atoms with Crippen LogP contribution in [-0.4, -0.2) is 13.4 Å². The largest absolute Gasteiger partial charge is 0.458 e. The molecule has 0 radical (unpaired) electrons. The van der Waals surface area contributed by atoms with E-state index in [4.69, 9.17) is 4.74 Å². The Morgan fingerprint density at radius 2 is 0.721 bits per heavy atom. The Balaban J connectivity index is 0.984. The van der Waals surface area contributed by atoms with Crippen LogP contribution < -0.4 is 57.1 Å². The predicted molar refractivity (Wildman–Crippen MR) is 362 cm³/mol. The number of ether oxygens (including phenoxy) is 1. The van der Waals surface area contributed by atoms with Crippen LogP contribution in [0.1, 0.15) is 0 Å². The highest BCUT2D eigenvalue weighted by molar-refractivity contribution is 8.00. The zero-order chi connectivity index (χ0) is 56.7. The van der Waals surface area contributed by atoms with Crippen LogP contribution in [0.5, 0.6) is 11.5 Å². The number of benzene rings is 13. The zero-order valence-corrected chi connectivity index (χ0v) is 47.6. The van der Waals surface area contributed by atoms with Crippen molar-refractivity contribution in [1.82, 2.24) is 0 Å². The molecule has 13 aromatic carbocycles. The molecule has 0 atom stereocenters. The van der Waals surface area contributed by atoms with E-state index in [2.05, 4.69) is 335 Å². The molecule has 0 fully saturated rings. The highest BCUT2D eigenvalue weighted by Crippen LogP contribution is 2.53. The van der Waals surface area contributed by atoms with Gasteiger partial charge in [-0.15, -0.1) is 0 Å². The fourth-order valence-corrected chi connectivity index (χ4v) is 15.3. The fraction of sp³-hybridized carbons (Fsp3) is 0. The van der Waals surface area contributed by atoms with E-state index in [-0.39, 0.29) is 13.4 Å². The van der Waals surface area contributed by atoms with Gasteiger partial charge in [-0.1, -0.05) is 223 Å². The zero-order valence-electron chi connectivity index (χ0n) is 46.8. The van der Waals surface area contributed by atoms with Crippen LogP contribution >= 0.6 is 11.8 Å². The van der Waals surface area contributed by atoms with Crippen molar-refractivity contribution in [2.75, 3.05) is 19.6 Å². The smallest absolute Gasteiger partial charge is 0.256 e. The van der Waals surface area contributed by atoms with Gasteiger partial charge in [-0.25, -0.2) is 0 Å². The first-order valence-electron chi connectivity index (χ1n) is 29.5. The van der Waals surface area contributed by atoms with Gasteiger partial charge < -0.3 is 24.3 Å². The number of para-hydroxylation sites is 8. The monoisotopic (exact) mass is 1110 g/mol. The Kier molecular flexibility index (Phi) is 12.0. The van der Waals surface area contributed by atoms with E-state index in [1.807, 2.05) is 11.8 Å². The van der Waals surface area contributed by atoms with Crippen molar-refractivity contribution >= 4 is 126 Å². The lowest BCUT2D eigenvalue weighted by molar-refractivity contribution is 0.488. The van der Waals surface area contributed by atoms with Gasteiger partial charge in [-0.2, -0.15) is 0 Å². The number of hydrogen-bond acceptors (Lipinski definition) is 6. The van der Waals surface area contributed by atoms with Gasteiger partial charge in [0.15, 0.2) is 0 Å². The maximum Gasteiger partial charge on any atom is 0.256 e. The summed E-state index contributed by atoms with van der Waals surface area (Å²) in [5, 5.41) is 0. The standard InChI is InChI=1S/C78H52B2N4OS/c1-8-28-53(29-9-1)62-42-22-23-43-63(62)74-77-66(79-64-44-24-26-46-68(64)83(58-38-18-6-19-39-58)70-48-60(50-72(85-77)75(70)79)81(54-30-10-2-11-31-54)55-32-12-3-13-33-55)52-67-78(74)86-73-51-61(82(56-34-14-4-15-35-56)57-36-16-5-17-37-57)49-71-76(73)80(67)65-45-25-27-47-69(65)84(71)59-40-20-7-21-41-59/h1-52H. The lowest BCUT2D eigenvalue weighted by Gasteiger charge is -2.44. The highest BCUT2D eigenvalue weighted by atomic mass is 32.2. The molecule has 402 valence electrons. The Morgan fingerprint density at radius 3 is 1.23 bits per heavy atom. The van der Waals surface area contributed by atoms with E-state index in [0.717, 1.165) is 113 Å². The van der Waals surface area contributed by atoms with Crippen molar-refractivity contribution in [3.63, 3.8) is 0 Å². The van der Waals surface area contributed by atoms with E-state index in [1.165, 1.54) is 31.6 Å². The van der Waals surface area contributed by atoms with Gasteiger partial charge in [0.05, 0.1) is 5.69 Å². The first-order valence-corrected chi connectivity index (χ1v) is 30.3. The maximum absolute atomic E-state index is 8.06. The van der Waals surface area contributed by atoms with E-state index >= 15 is 0 Å². The van der Waals surface area contributed by atoms with Gasteiger partial charge in [-0.3, -0.25) is 0 Å². The minimum atomic E-state index is -0.206. The van der Waals surface area contributed by atoms with Crippen LogP contribution in [-0.2, 0) is 0 Å². The summed E-state index contributed by atoms with van der Waals surface area (Å²) in [5.74, 6) is 1.70. The lowest BCUT2D eigenvalue weighted by Crippen LogP contribution is -2.63. The molecular weight excluding hydrogens is 1060 g/mol. The highest BCUT2D eigenvalue weighted by Gasteiger charge is 2.48. The molecular formula is C78H52B2N4OS. The third kappa shape index (κ3) is 8.05. The molecule has 86 heavy (non-hydrogen) atoms. The lowest BCUT2D eigenvalue weighted by atomic mass is 9.31. The molecule has 0 bridgehead atoms. The summed E-state index contributed by atoms with van der Waals surface area (Å²) in [6.45, 7) is -0.355. The van der Waals surface area contributed by atoms with Crippen molar-refractivity contribution in [2.24, 2.45) is 0 Å². The normalized spacial score (nSPS) is 12.8. The molecule has 0 amide bonds. The number of fused-ring (bicyclic) bond motifs is 8. The van der Waals surface area contributed by atoms with Gasteiger partial charge in [0.2, 0.25) is 6.71 Å². The van der Waals surface area contributed by atoms with Gasteiger partial charge in [0, 0.05) is 84.0 Å². The number of anilines is 12. The molecule has 4 aliphatic rings. The SMILES string of the molecule is c1ccc(-c2ccccc2-c2c3c(cc4c2Sc2cc(N(c5ccccc5)c5ccccc5)cc5c2B4c2ccccc2N5c2ccccc2)B2c4ccccc4N(c4ccccc4)c4cc(N(c5ccccc5)c5ccccc5)cc(c42)O3)cc1. The summed E-state index contributed by atoms with van der Waals surface area (Å²) in [4.78, 5) is 12.1. The number of hydrogen-bond donors (Lipinski definition) is 0. The van der Waals surface area contributed by atoms with E-state index in [1.54, 1.807) is 0 Å². The summed E-state index contributed by atoms with van der Waals surface area (Å²) in [7, 11) is 0.